The highest BCUT2D eigenvalue weighted by molar-refractivity contribution is 7.88. The van der Waals surface area contributed by atoms with Crippen molar-refractivity contribution in [2.45, 2.75) is 12.5 Å². The fourth-order valence-corrected chi connectivity index (χ4v) is 4.79. The smallest absolute Gasteiger partial charge is 0.247 e. The van der Waals surface area contributed by atoms with Crippen LogP contribution in [0.5, 0.6) is 11.5 Å². The van der Waals surface area contributed by atoms with Gasteiger partial charge in [-0.1, -0.05) is 41.9 Å². The Morgan fingerprint density at radius 3 is 2.55 bits per heavy atom. The van der Waals surface area contributed by atoms with Gasteiger partial charge in [0.25, 0.3) is 0 Å². The molecule has 0 amide bonds. The number of nitrogens with zero attached hydrogens (tertiary/aromatic N) is 3. The molecule has 0 radical (unpaired) electrons. The molecule has 0 saturated carbocycles. The van der Waals surface area contributed by atoms with Gasteiger partial charge in [0.05, 0.1) is 23.5 Å². The van der Waals surface area contributed by atoms with E-state index in [2.05, 4.69) is 10.1 Å². The van der Waals surface area contributed by atoms with Gasteiger partial charge in [0.2, 0.25) is 16.8 Å². The highest BCUT2D eigenvalue weighted by Gasteiger charge is 2.36. The number of sulfonamides is 1. The number of aromatic nitrogens is 1. The highest BCUT2D eigenvalue weighted by Crippen LogP contribution is 2.41. The zero-order chi connectivity index (χ0) is 20.2. The Hall–Kier alpha value is -2.84. The van der Waals surface area contributed by atoms with Crippen LogP contribution in [0.2, 0.25) is 5.15 Å². The summed E-state index contributed by atoms with van der Waals surface area (Å²) in [5, 5.41) is 5.42. The number of ether oxygens (including phenoxy) is 2. The van der Waals surface area contributed by atoms with E-state index in [9.17, 15) is 8.42 Å². The van der Waals surface area contributed by atoms with Crippen molar-refractivity contribution in [3.63, 3.8) is 0 Å². The number of halogens is 1. The van der Waals surface area contributed by atoms with Crippen LogP contribution in [-0.2, 0) is 10.0 Å². The quantitative estimate of drug-likeness (QED) is 0.592. The first-order chi connectivity index (χ1) is 13.9. The van der Waals surface area contributed by atoms with Gasteiger partial charge in [0.1, 0.15) is 5.15 Å². The summed E-state index contributed by atoms with van der Waals surface area (Å²) in [6.45, 7) is 0.158. The first-order valence-electron chi connectivity index (χ1n) is 8.92. The van der Waals surface area contributed by atoms with E-state index < -0.39 is 16.1 Å². The fraction of sp³-hybridized carbons (Fsp3) is 0.200. The maximum Gasteiger partial charge on any atom is 0.247 e. The molecule has 0 aliphatic carbocycles. The Kier molecular flexibility index (Phi) is 4.15. The van der Waals surface area contributed by atoms with Crippen molar-refractivity contribution in [3.05, 3.63) is 64.8 Å². The van der Waals surface area contributed by atoms with Crippen molar-refractivity contribution in [3.8, 4) is 11.5 Å². The molecule has 29 heavy (non-hydrogen) atoms. The second-order valence-electron chi connectivity index (χ2n) is 6.93. The zero-order valence-electron chi connectivity index (χ0n) is 15.4. The van der Waals surface area contributed by atoms with Gasteiger partial charge >= 0.3 is 0 Å². The van der Waals surface area contributed by atoms with E-state index in [0.29, 0.717) is 34.7 Å². The minimum absolute atomic E-state index is 0.158. The Morgan fingerprint density at radius 2 is 1.83 bits per heavy atom. The topological polar surface area (TPSA) is 81.1 Å². The molecular weight excluding hydrogens is 414 g/mol. The Labute approximate surface area is 172 Å². The van der Waals surface area contributed by atoms with Crippen LogP contribution in [0.3, 0.4) is 0 Å². The minimum atomic E-state index is -3.61. The summed E-state index contributed by atoms with van der Waals surface area (Å²) in [7, 11) is -3.61. The molecule has 0 saturated heterocycles. The third-order valence-electron chi connectivity index (χ3n) is 4.97. The van der Waals surface area contributed by atoms with Crippen molar-refractivity contribution in [2.75, 3.05) is 13.0 Å². The number of pyridine rings is 1. The summed E-state index contributed by atoms with van der Waals surface area (Å²) in [6, 6.07) is 14.4. The number of benzene rings is 2. The Morgan fingerprint density at radius 1 is 1.10 bits per heavy atom. The molecule has 0 spiro atoms. The Balaban J connectivity index is 1.61. The van der Waals surface area contributed by atoms with Crippen LogP contribution >= 0.6 is 11.6 Å². The number of hydrazone groups is 1. The van der Waals surface area contributed by atoms with Gasteiger partial charge in [-0.2, -0.15) is 9.52 Å². The fourth-order valence-electron chi connectivity index (χ4n) is 3.62. The number of hydrogen-bond acceptors (Lipinski definition) is 6. The van der Waals surface area contributed by atoms with E-state index in [-0.39, 0.29) is 11.9 Å². The molecule has 0 N–H and O–H groups in total. The van der Waals surface area contributed by atoms with Crippen molar-refractivity contribution >= 4 is 38.2 Å². The second kappa shape index (κ2) is 6.60. The van der Waals surface area contributed by atoms with Gasteiger partial charge < -0.3 is 9.47 Å². The van der Waals surface area contributed by atoms with E-state index in [0.717, 1.165) is 21.6 Å². The van der Waals surface area contributed by atoms with Gasteiger partial charge in [-0.15, -0.1) is 0 Å². The summed E-state index contributed by atoms with van der Waals surface area (Å²) >= 11 is 6.49. The number of fused-ring (bicyclic) bond motifs is 2. The first-order valence-corrected chi connectivity index (χ1v) is 11.1. The van der Waals surface area contributed by atoms with Gasteiger partial charge in [0, 0.05) is 23.4 Å². The largest absolute Gasteiger partial charge is 0.454 e. The molecule has 2 aliphatic rings. The molecule has 5 rings (SSSR count). The van der Waals surface area contributed by atoms with Gasteiger partial charge in [-0.05, 0) is 17.7 Å². The molecule has 3 heterocycles. The van der Waals surface area contributed by atoms with Crippen molar-refractivity contribution in [1.29, 1.82) is 0 Å². The molecule has 0 fully saturated rings. The van der Waals surface area contributed by atoms with E-state index in [1.165, 1.54) is 0 Å². The van der Waals surface area contributed by atoms with Gasteiger partial charge in [-0.3, -0.25) is 0 Å². The van der Waals surface area contributed by atoms with Crippen LogP contribution in [0, 0.1) is 0 Å². The normalized spacial score (nSPS) is 18.3. The molecule has 9 heteroatoms. The molecule has 3 aromatic rings. The lowest BCUT2D eigenvalue weighted by atomic mass is 9.99. The summed E-state index contributed by atoms with van der Waals surface area (Å²) in [5.41, 5.74) is 2.80. The lowest BCUT2D eigenvalue weighted by Crippen LogP contribution is -2.26. The first kappa shape index (κ1) is 18.2. The summed E-state index contributed by atoms with van der Waals surface area (Å²) in [6.07, 6.45) is 1.53. The molecule has 148 valence electrons. The minimum Gasteiger partial charge on any atom is -0.454 e. The average molecular weight is 430 g/mol. The predicted octanol–water partition coefficient (Wildman–Crippen LogP) is 3.73. The van der Waals surface area contributed by atoms with Crippen LogP contribution in [0.1, 0.15) is 23.6 Å². The van der Waals surface area contributed by atoms with Crippen LogP contribution in [0.15, 0.2) is 53.6 Å². The molecule has 2 aliphatic heterocycles. The van der Waals surface area contributed by atoms with Crippen molar-refractivity contribution < 1.29 is 17.9 Å². The molecule has 1 atom stereocenters. The van der Waals surface area contributed by atoms with Crippen LogP contribution < -0.4 is 9.47 Å². The molecule has 7 nitrogen and oxygen atoms in total. The summed E-state index contributed by atoms with van der Waals surface area (Å²) in [5.74, 6) is 1.24. The highest BCUT2D eigenvalue weighted by atomic mass is 35.5. The van der Waals surface area contributed by atoms with Gasteiger partial charge in [-0.25, -0.2) is 13.4 Å². The van der Waals surface area contributed by atoms with Crippen LogP contribution in [0.25, 0.3) is 10.9 Å². The third kappa shape index (κ3) is 3.18. The number of hydrogen-bond donors (Lipinski definition) is 0. The standard InChI is InChI=1S/C20H16ClN3O4S/c1-29(25,26)24-17(9-16(23-24)12-5-3-2-4-6-12)14-7-13-8-18-19(28-11-27-18)10-15(13)22-20(14)21/h2-8,10,17H,9,11H2,1H3/t17-/m1/s1. The summed E-state index contributed by atoms with van der Waals surface area (Å²) < 4.78 is 36.8. The molecule has 0 unspecified atom stereocenters. The predicted molar refractivity (Wildman–Crippen MR) is 110 cm³/mol. The van der Waals surface area contributed by atoms with Crippen molar-refractivity contribution in [2.24, 2.45) is 5.10 Å². The van der Waals surface area contributed by atoms with Gasteiger partial charge in [0.15, 0.2) is 11.5 Å². The molecular formula is C20H16ClN3O4S. The van der Waals surface area contributed by atoms with E-state index >= 15 is 0 Å². The SMILES string of the molecule is CS(=O)(=O)N1N=C(c2ccccc2)C[C@@H]1c1cc2cc3c(cc2nc1Cl)OCO3. The van der Waals surface area contributed by atoms with E-state index in [4.69, 9.17) is 21.1 Å². The zero-order valence-corrected chi connectivity index (χ0v) is 16.9. The Bertz CT molecular complexity index is 1260. The summed E-state index contributed by atoms with van der Waals surface area (Å²) in [4.78, 5) is 4.47. The molecule has 1 aromatic heterocycles. The molecule has 2 aromatic carbocycles. The molecule has 0 bridgehead atoms. The maximum atomic E-state index is 12.4. The third-order valence-corrected chi connectivity index (χ3v) is 6.29. The maximum absolute atomic E-state index is 12.4. The monoisotopic (exact) mass is 429 g/mol. The second-order valence-corrected chi connectivity index (χ2v) is 9.13. The van der Waals surface area contributed by atoms with Crippen molar-refractivity contribution in [1.82, 2.24) is 9.40 Å². The number of rotatable bonds is 3. The lowest BCUT2D eigenvalue weighted by molar-refractivity contribution is 0.174. The van der Waals surface area contributed by atoms with E-state index in [1.807, 2.05) is 42.5 Å². The lowest BCUT2D eigenvalue weighted by Gasteiger charge is -2.22. The van der Waals surface area contributed by atoms with Crippen LogP contribution in [0.4, 0.5) is 0 Å². The average Bonchev–Trinajstić information content (AvgIpc) is 3.33. The van der Waals surface area contributed by atoms with E-state index in [1.54, 1.807) is 6.07 Å². The van der Waals surface area contributed by atoms with Crippen LogP contribution in [-0.4, -0.2) is 36.6 Å².